The number of hydrogen-bond acceptors (Lipinski definition) is 2. The Labute approximate surface area is 143 Å². The summed E-state index contributed by atoms with van der Waals surface area (Å²) in [5.41, 5.74) is 6.22. The summed E-state index contributed by atoms with van der Waals surface area (Å²) < 4.78 is 5.44. The van der Waals surface area contributed by atoms with Crippen molar-refractivity contribution in [2.45, 2.75) is 33.6 Å². The van der Waals surface area contributed by atoms with Crippen LogP contribution >= 0.6 is 0 Å². The second-order valence-electron chi connectivity index (χ2n) is 6.62. The summed E-state index contributed by atoms with van der Waals surface area (Å²) in [6, 6.07) is 14.4. The summed E-state index contributed by atoms with van der Waals surface area (Å²) in [5, 5.41) is 0. The van der Waals surface area contributed by atoms with Crippen molar-refractivity contribution in [3.8, 4) is 0 Å². The number of aryl methyl sites for hydroxylation is 2. The van der Waals surface area contributed by atoms with Crippen LogP contribution in [0.4, 0.5) is 0 Å². The second kappa shape index (κ2) is 6.48. The molecule has 0 N–H and O–H groups in total. The van der Waals surface area contributed by atoms with Crippen LogP contribution in [0.15, 0.2) is 54.1 Å². The molecule has 0 radical (unpaired) electrons. The molecule has 1 heterocycles. The van der Waals surface area contributed by atoms with Crippen LogP contribution < -0.4 is 0 Å². The zero-order chi connectivity index (χ0) is 17.3. The molecule has 0 fully saturated rings. The number of esters is 1. The van der Waals surface area contributed by atoms with Gasteiger partial charge in [0.05, 0.1) is 5.57 Å². The van der Waals surface area contributed by atoms with E-state index in [2.05, 4.69) is 45.9 Å². The van der Waals surface area contributed by atoms with Crippen molar-refractivity contribution >= 4 is 17.8 Å². The molecule has 3 rings (SSSR count). The maximum Gasteiger partial charge on any atom is 0.343 e. The lowest BCUT2D eigenvalue weighted by atomic mass is 10.0. The molecule has 2 heteroatoms. The van der Waals surface area contributed by atoms with Crippen molar-refractivity contribution in [1.29, 1.82) is 0 Å². The Morgan fingerprint density at radius 2 is 1.67 bits per heavy atom. The fourth-order valence-corrected chi connectivity index (χ4v) is 2.68. The Balaban J connectivity index is 1.89. The Hall–Kier alpha value is -2.61. The molecule has 2 aromatic carbocycles. The lowest BCUT2D eigenvalue weighted by Crippen LogP contribution is -1.97. The van der Waals surface area contributed by atoms with E-state index in [1.807, 2.05) is 36.4 Å². The molecular weight excluding hydrogens is 296 g/mol. The zero-order valence-electron chi connectivity index (χ0n) is 14.6. The smallest absolute Gasteiger partial charge is 0.343 e. The van der Waals surface area contributed by atoms with E-state index in [-0.39, 0.29) is 5.97 Å². The summed E-state index contributed by atoms with van der Waals surface area (Å²) in [6.45, 7) is 8.46. The maximum atomic E-state index is 12.1. The minimum atomic E-state index is -0.295. The second-order valence-corrected chi connectivity index (χ2v) is 6.62. The number of ether oxygens (including phenoxy) is 1. The third kappa shape index (κ3) is 3.33. The molecule has 24 heavy (non-hydrogen) atoms. The minimum absolute atomic E-state index is 0.295. The van der Waals surface area contributed by atoms with Gasteiger partial charge in [0.2, 0.25) is 0 Å². The molecule has 0 bridgehead atoms. The Kier molecular flexibility index (Phi) is 4.39. The highest BCUT2D eigenvalue weighted by atomic mass is 16.5. The van der Waals surface area contributed by atoms with Gasteiger partial charge >= 0.3 is 5.97 Å². The van der Waals surface area contributed by atoms with Crippen LogP contribution in [-0.4, -0.2) is 5.97 Å². The van der Waals surface area contributed by atoms with E-state index in [0.29, 0.717) is 17.3 Å². The molecule has 0 aromatic heterocycles. The highest BCUT2D eigenvalue weighted by molar-refractivity contribution is 6.05. The highest BCUT2D eigenvalue weighted by Crippen LogP contribution is 2.28. The Bertz CT molecular complexity index is 837. The lowest BCUT2D eigenvalue weighted by Gasteiger charge is -2.05. The normalized spacial score (nSPS) is 15.8. The quantitative estimate of drug-likeness (QED) is 0.559. The van der Waals surface area contributed by atoms with Crippen molar-refractivity contribution in [1.82, 2.24) is 0 Å². The van der Waals surface area contributed by atoms with Gasteiger partial charge < -0.3 is 4.74 Å². The van der Waals surface area contributed by atoms with E-state index in [0.717, 1.165) is 11.1 Å². The van der Waals surface area contributed by atoms with Crippen LogP contribution in [0.2, 0.25) is 0 Å². The molecule has 2 aromatic rings. The maximum absolute atomic E-state index is 12.1. The minimum Gasteiger partial charge on any atom is -0.422 e. The van der Waals surface area contributed by atoms with Crippen molar-refractivity contribution in [2.24, 2.45) is 0 Å². The third-order valence-electron chi connectivity index (χ3n) is 4.44. The van der Waals surface area contributed by atoms with Gasteiger partial charge in [-0.1, -0.05) is 50.2 Å². The fraction of sp³-hybridized carbons (Fsp3) is 0.227. The molecule has 0 atom stereocenters. The molecule has 122 valence electrons. The topological polar surface area (TPSA) is 26.3 Å². The van der Waals surface area contributed by atoms with Gasteiger partial charge in [-0.15, -0.1) is 0 Å². The number of carbonyl (C=O) groups excluding carboxylic acids is 1. The molecule has 1 aliphatic rings. The number of benzene rings is 2. The zero-order valence-corrected chi connectivity index (χ0v) is 14.6. The van der Waals surface area contributed by atoms with E-state index < -0.39 is 0 Å². The van der Waals surface area contributed by atoms with Crippen molar-refractivity contribution in [2.75, 3.05) is 0 Å². The molecule has 0 spiro atoms. The largest absolute Gasteiger partial charge is 0.422 e. The van der Waals surface area contributed by atoms with Gasteiger partial charge in [0.1, 0.15) is 5.76 Å². The third-order valence-corrected chi connectivity index (χ3v) is 4.44. The van der Waals surface area contributed by atoms with Gasteiger partial charge in [0.25, 0.3) is 0 Å². The summed E-state index contributed by atoms with van der Waals surface area (Å²) in [6.07, 6.45) is 3.70. The summed E-state index contributed by atoms with van der Waals surface area (Å²) in [4.78, 5) is 12.1. The first kappa shape index (κ1) is 16.3. The first-order valence-corrected chi connectivity index (χ1v) is 8.27. The number of rotatable bonds is 3. The van der Waals surface area contributed by atoms with Crippen LogP contribution in [-0.2, 0) is 9.53 Å². The molecule has 1 aliphatic heterocycles. The van der Waals surface area contributed by atoms with Crippen LogP contribution in [0.3, 0.4) is 0 Å². The SMILES string of the molecule is Cc1ccc(C2=C/C(=C/c3ccc(C(C)C)cc3)C(=O)O2)cc1C. The van der Waals surface area contributed by atoms with Gasteiger partial charge in [-0.2, -0.15) is 0 Å². The standard InChI is InChI=1S/C22H22O2/c1-14(2)18-9-6-17(7-10-18)12-20-13-21(24-22(20)23)19-8-5-15(3)16(4)11-19/h5-14H,1-4H3/b20-12-. The first-order chi connectivity index (χ1) is 11.4. The summed E-state index contributed by atoms with van der Waals surface area (Å²) in [5.74, 6) is 0.823. The van der Waals surface area contributed by atoms with Crippen LogP contribution in [0, 0.1) is 13.8 Å². The first-order valence-electron chi connectivity index (χ1n) is 8.27. The van der Waals surface area contributed by atoms with Crippen molar-refractivity contribution in [3.63, 3.8) is 0 Å². The van der Waals surface area contributed by atoms with Crippen molar-refractivity contribution in [3.05, 3.63) is 81.9 Å². The van der Waals surface area contributed by atoms with Gasteiger partial charge in [0, 0.05) is 5.56 Å². The van der Waals surface area contributed by atoms with Crippen LogP contribution in [0.5, 0.6) is 0 Å². The summed E-state index contributed by atoms with van der Waals surface area (Å²) >= 11 is 0. The molecule has 2 nitrogen and oxygen atoms in total. The number of cyclic esters (lactones) is 1. The summed E-state index contributed by atoms with van der Waals surface area (Å²) in [7, 11) is 0. The van der Waals surface area contributed by atoms with E-state index in [1.165, 1.54) is 16.7 Å². The molecule has 0 saturated heterocycles. The number of hydrogen-bond donors (Lipinski definition) is 0. The molecule has 0 unspecified atom stereocenters. The van der Waals surface area contributed by atoms with E-state index in [9.17, 15) is 4.79 Å². The molecule has 0 saturated carbocycles. The van der Waals surface area contributed by atoms with Gasteiger partial charge in [-0.25, -0.2) is 4.79 Å². The molecule has 0 aliphatic carbocycles. The highest BCUT2D eigenvalue weighted by Gasteiger charge is 2.22. The Morgan fingerprint density at radius 1 is 0.958 bits per heavy atom. The van der Waals surface area contributed by atoms with Gasteiger partial charge in [0.15, 0.2) is 0 Å². The van der Waals surface area contributed by atoms with E-state index >= 15 is 0 Å². The average Bonchev–Trinajstić information content (AvgIpc) is 2.91. The van der Waals surface area contributed by atoms with E-state index in [1.54, 1.807) is 0 Å². The van der Waals surface area contributed by atoms with Crippen LogP contribution in [0.25, 0.3) is 11.8 Å². The van der Waals surface area contributed by atoms with Crippen LogP contribution in [0.1, 0.15) is 47.6 Å². The predicted molar refractivity (Wildman–Crippen MR) is 98.5 cm³/mol. The lowest BCUT2D eigenvalue weighted by molar-refractivity contribution is -0.130. The average molecular weight is 318 g/mol. The fourth-order valence-electron chi connectivity index (χ4n) is 2.68. The molecule has 0 amide bonds. The predicted octanol–water partition coefficient (Wildman–Crippen LogP) is 5.41. The van der Waals surface area contributed by atoms with E-state index in [4.69, 9.17) is 4.74 Å². The van der Waals surface area contributed by atoms with Crippen molar-refractivity contribution < 1.29 is 9.53 Å². The monoisotopic (exact) mass is 318 g/mol. The Morgan fingerprint density at radius 3 is 2.29 bits per heavy atom. The number of carbonyl (C=O) groups is 1. The van der Waals surface area contributed by atoms with Gasteiger partial charge in [-0.3, -0.25) is 0 Å². The van der Waals surface area contributed by atoms with Gasteiger partial charge in [-0.05, 0) is 60.2 Å². The molecular formula is C22H22O2.